The van der Waals surface area contributed by atoms with E-state index in [0.29, 0.717) is 35.8 Å². The van der Waals surface area contributed by atoms with Crippen molar-refractivity contribution in [3.05, 3.63) is 21.0 Å². The first-order chi connectivity index (χ1) is 9.17. The second kappa shape index (κ2) is 6.49. The van der Waals surface area contributed by atoms with Crippen molar-refractivity contribution in [1.82, 2.24) is 9.78 Å². The van der Waals surface area contributed by atoms with Crippen LogP contribution in [0.15, 0.2) is 15.5 Å². The fraction of sp³-hybridized carbons (Fsp3) is 0.667. The number of hydrogen-bond donors (Lipinski definition) is 2. The monoisotopic (exact) mass is 330 g/mol. The van der Waals surface area contributed by atoms with Crippen molar-refractivity contribution < 1.29 is 4.74 Å². The fourth-order valence-corrected chi connectivity index (χ4v) is 2.39. The Morgan fingerprint density at radius 1 is 1.68 bits per heavy atom. The van der Waals surface area contributed by atoms with Gasteiger partial charge in [0, 0.05) is 19.7 Å². The Morgan fingerprint density at radius 3 is 3.00 bits per heavy atom. The van der Waals surface area contributed by atoms with Crippen LogP contribution in [0.25, 0.3) is 0 Å². The van der Waals surface area contributed by atoms with Crippen molar-refractivity contribution in [2.45, 2.75) is 25.4 Å². The highest BCUT2D eigenvalue weighted by Crippen LogP contribution is 2.34. The number of nitrogens with one attached hydrogen (secondary N) is 1. The Kier molecular flexibility index (Phi) is 4.95. The van der Waals surface area contributed by atoms with Crippen LogP contribution in [-0.4, -0.2) is 36.1 Å². The third-order valence-electron chi connectivity index (χ3n) is 3.28. The lowest BCUT2D eigenvalue weighted by molar-refractivity contribution is 0.181. The summed E-state index contributed by atoms with van der Waals surface area (Å²) in [7, 11) is 1.59. The molecule has 0 aliphatic heterocycles. The summed E-state index contributed by atoms with van der Waals surface area (Å²) < 4.78 is 6.83. The highest BCUT2D eigenvalue weighted by atomic mass is 79.9. The molecule has 1 aromatic rings. The standard InChI is InChI=1S/C12H19BrN4O2/c1-19-5-4-17-12(18)11(13)10(7-15-17)16-9(6-14)8-2-3-8/h7-9,16H,2-6,14H2,1H3. The van der Waals surface area contributed by atoms with Crippen LogP contribution in [0.1, 0.15) is 12.8 Å². The average molecular weight is 331 g/mol. The zero-order valence-electron chi connectivity index (χ0n) is 10.9. The number of nitrogens with two attached hydrogens (primary N) is 1. The summed E-state index contributed by atoms with van der Waals surface area (Å²) in [6, 6.07) is 0.215. The SMILES string of the molecule is COCCn1ncc(NC(CN)C2CC2)c(Br)c1=O. The van der Waals surface area contributed by atoms with E-state index in [1.165, 1.54) is 17.5 Å². The van der Waals surface area contributed by atoms with Gasteiger partial charge in [-0.05, 0) is 34.7 Å². The molecule has 1 aliphatic rings. The third kappa shape index (κ3) is 3.55. The van der Waals surface area contributed by atoms with Crippen molar-refractivity contribution >= 4 is 21.6 Å². The van der Waals surface area contributed by atoms with Crippen LogP contribution in [0.2, 0.25) is 0 Å². The first-order valence-electron chi connectivity index (χ1n) is 6.38. The van der Waals surface area contributed by atoms with Gasteiger partial charge in [0.15, 0.2) is 0 Å². The van der Waals surface area contributed by atoms with Crippen LogP contribution in [0.3, 0.4) is 0 Å². The van der Waals surface area contributed by atoms with Crippen LogP contribution in [0.5, 0.6) is 0 Å². The molecule has 0 aromatic carbocycles. The average Bonchev–Trinajstić information content (AvgIpc) is 3.24. The molecule has 1 heterocycles. The third-order valence-corrected chi connectivity index (χ3v) is 4.04. The second-order valence-electron chi connectivity index (χ2n) is 4.72. The number of nitrogens with zero attached hydrogens (tertiary/aromatic N) is 2. The minimum Gasteiger partial charge on any atom is -0.383 e. The molecule has 7 heteroatoms. The van der Waals surface area contributed by atoms with Gasteiger partial charge in [0.05, 0.1) is 25.0 Å². The van der Waals surface area contributed by atoms with Gasteiger partial charge < -0.3 is 15.8 Å². The molecule has 106 valence electrons. The van der Waals surface area contributed by atoms with Crippen LogP contribution in [0.4, 0.5) is 5.69 Å². The molecule has 0 radical (unpaired) electrons. The van der Waals surface area contributed by atoms with E-state index in [9.17, 15) is 4.79 Å². The van der Waals surface area contributed by atoms with Crippen molar-refractivity contribution in [2.24, 2.45) is 11.7 Å². The van der Waals surface area contributed by atoms with Crippen LogP contribution in [-0.2, 0) is 11.3 Å². The summed E-state index contributed by atoms with van der Waals surface area (Å²) in [6.07, 6.45) is 4.06. The van der Waals surface area contributed by atoms with E-state index < -0.39 is 0 Å². The molecule has 3 N–H and O–H groups in total. The molecule has 6 nitrogen and oxygen atoms in total. The highest BCUT2D eigenvalue weighted by molar-refractivity contribution is 9.10. The van der Waals surface area contributed by atoms with Crippen molar-refractivity contribution in [3.8, 4) is 0 Å². The largest absolute Gasteiger partial charge is 0.383 e. The number of halogens is 1. The molecular weight excluding hydrogens is 312 g/mol. The van der Waals surface area contributed by atoms with E-state index >= 15 is 0 Å². The maximum atomic E-state index is 12.1. The van der Waals surface area contributed by atoms with E-state index in [1.807, 2.05) is 0 Å². The van der Waals surface area contributed by atoms with Crippen LogP contribution < -0.4 is 16.6 Å². The summed E-state index contributed by atoms with van der Waals surface area (Å²) in [5, 5.41) is 7.44. The van der Waals surface area contributed by atoms with Crippen molar-refractivity contribution in [2.75, 3.05) is 25.6 Å². The first-order valence-corrected chi connectivity index (χ1v) is 7.17. The lowest BCUT2D eigenvalue weighted by atomic mass is 10.2. The predicted octanol–water partition coefficient (Wildman–Crippen LogP) is 0.801. The highest BCUT2D eigenvalue weighted by Gasteiger charge is 2.30. The molecule has 1 aromatic heterocycles. The Balaban J connectivity index is 2.13. The zero-order chi connectivity index (χ0) is 13.8. The molecule has 19 heavy (non-hydrogen) atoms. The number of anilines is 1. The van der Waals surface area contributed by atoms with Crippen LogP contribution in [0, 0.1) is 5.92 Å². The summed E-state index contributed by atoms with van der Waals surface area (Å²) in [4.78, 5) is 12.1. The van der Waals surface area contributed by atoms with Gasteiger partial charge in [0.25, 0.3) is 5.56 Å². The minimum atomic E-state index is -0.159. The van der Waals surface area contributed by atoms with Gasteiger partial charge in [-0.1, -0.05) is 0 Å². The summed E-state index contributed by atoms with van der Waals surface area (Å²) in [6.45, 7) is 1.46. The number of hydrogen-bond acceptors (Lipinski definition) is 5. The van der Waals surface area contributed by atoms with Crippen molar-refractivity contribution in [1.29, 1.82) is 0 Å². The minimum absolute atomic E-state index is 0.159. The smallest absolute Gasteiger partial charge is 0.283 e. The fourth-order valence-electron chi connectivity index (χ4n) is 1.97. The lowest BCUT2D eigenvalue weighted by Gasteiger charge is -2.18. The summed E-state index contributed by atoms with van der Waals surface area (Å²) in [5.74, 6) is 0.618. The first kappa shape index (κ1) is 14.5. The number of rotatable bonds is 7. The summed E-state index contributed by atoms with van der Waals surface area (Å²) in [5.41, 5.74) is 6.30. The zero-order valence-corrected chi connectivity index (χ0v) is 12.5. The molecule has 0 spiro atoms. The van der Waals surface area contributed by atoms with E-state index in [4.69, 9.17) is 10.5 Å². The maximum Gasteiger partial charge on any atom is 0.283 e. The van der Waals surface area contributed by atoms with Gasteiger partial charge in [0.2, 0.25) is 0 Å². The molecule has 2 rings (SSSR count). The number of ether oxygens (including phenoxy) is 1. The van der Waals surface area contributed by atoms with E-state index in [-0.39, 0.29) is 11.6 Å². The Bertz CT molecular complexity index is 487. The van der Waals surface area contributed by atoms with E-state index in [2.05, 4.69) is 26.3 Å². The molecule has 1 atom stereocenters. The number of aromatic nitrogens is 2. The Labute approximate surface area is 120 Å². The second-order valence-corrected chi connectivity index (χ2v) is 5.51. The van der Waals surface area contributed by atoms with Crippen LogP contribution >= 0.6 is 15.9 Å². The molecule has 0 amide bonds. The molecule has 1 unspecified atom stereocenters. The molecular formula is C12H19BrN4O2. The van der Waals surface area contributed by atoms with E-state index in [1.54, 1.807) is 13.3 Å². The van der Waals surface area contributed by atoms with Gasteiger partial charge in [0.1, 0.15) is 4.47 Å². The molecule has 1 fully saturated rings. The van der Waals surface area contributed by atoms with Crippen molar-refractivity contribution in [3.63, 3.8) is 0 Å². The maximum absolute atomic E-state index is 12.1. The molecule has 1 aliphatic carbocycles. The summed E-state index contributed by atoms with van der Waals surface area (Å²) >= 11 is 3.33. The normalized spacial score (nSPS) is 16.4. The van der Waals surface area contributed by atoms with Gasteiger partial charge >= 0.3 is 0 Å². The van der Waals surface area contributed by atoms with Gasteiger partial charge in [-0.15, -0.1) is 0 Å². The molecule has 0 bridgehead atoms. The predicted molar refractivity (Wildman–Crippen MR) is 77.3 cm³/mol. The lowest BCUT2D eigenvalue weighted by Crippen LogP contribution is -2.33. The topological polar surface area (TPSA) is 82.2 Å². The quantitative estimate of drug-likeness (QED) is 0.772. The number of methoxy groups -OCH3 is 1. The molecule has 0 saturated heterocycles. The van der Waals surface area contributed by atoms with Gasteiger partial charge in [-0.2, -0.15) is 5.10 Å². The Hall–Kier alpha value is -0.920. The Morgan fingerprint density at radius 2 is 2.42 bits per heavy atom. The van der Waals surface area contributed by atoms with E-state index in [0.717, 1.165) is 0 Å². The van der Waals surface area contributed by atoms with Gasteiger partial charge in [-0.3, -0.25) is 4.79 Å². The van der Waals surface area contributed by atoms with Gasteiger partial charge in [-0.25, -0.2) is 4.68 Å². The molecule has 1 saturated carbocycles.